The molecule has 3 heteroatoms. The maximum atomic E-state index is 12.0. The van der Waals surface area contributed by atoms with Gasteiger partial charge in [-0.2, -0.15) is 0 Å². The molecular weight excluding hydrogens is 242 g/mol. The van der Waals surface area contributed by atoms with Crippen molar-refractivity contribution >= 4 is 17.7 Å². The second-order valence-corrected chi connectivity index (χ2v) is 6.14. The summed E-state index contributed by atoms with van der Waals surface area (Å²) < 4.78 is 0. The predicted molar refractivity (Wildman–Crippen MR) is 76.8 cm³/mol. The first-order chi connectivity index (χ1) is 8.75. The molecule has 0 N–H and O–H groups in total. The predicted octanol–water partition coefficient (Wildman–Crippen LogP) is 3.43. The van der Waals surface area contributed by atoms with Crippen LogP contribution in [-0.4, -0.2) is 29.6 Å². The lowest BCUT2D eigenvalue weighted by molar-refractivity contribution is -0.132. The fraction of sp³-hybridized carbons (Fsp3) is 0.533. The van der Waals surface area contributed by atoms with E-state index in [1.807, 2.05) is 23.1 Å². The van der Waals surface area contributed by atoms with Crippen molar-refractivity contribution in [1.29, 1.82) is 0 Å². The molecule has 0 aromatic heterocycles. The minimum Gasteiger partial charge on any atom is -0.343 e. The third-order valence-electron chi connectivity index (χ3n) is 3.46. The zero-order valence-corrected chi connectivity index (χ0v) is 11.8. The van der Waals surface area contributed by atoms with Crippen LogP contribution >= 0.6 is 11.8 Å². The van der Waals surface area contributed by atoms with Crippen LogP contribution in [-0.2, 0) is 4.79 Å². The molecule has 1 aliphatic rings. The lowest BCUT2D eigenvalue weighted by Gasteiger charge is -2.30. The number of hydrogen-bond acceptors (Lipinski definition) is 2. The van der Waals surface area contributed by atoms with Crippen LogP contribution in [0.25, 0.3) is 0 Å². The Bertz CT molecular complexity index is 371. The van der Waals surface area contributed by atoms with Crippen LogP contribution in [0.2, 0.25) is 0 Å². The monoisotopic (exact) mass is 263 g/mol. The average molecular weight is 263 g/mol. The van der Waals surface area contributed by atoms with Crippen LogP contribution in [0.3, 0.4) is 0 Å². The van der Waals surface area contributed by atoms with Crippen molar-refractivity contribution < 1.29 is 4.79 Å². The average Bonchev–Trinajstić information content (AvgIpc) is 2.40. The summed E-state index contributed by atoms with van der Waals surface area (Å²) in [5.41, 5.74) is 0. The molecule has 1 saturated heterocycles. The number of amides is 1. The summed E-state index contributed by atoms with van der Waals surface area (Å²) in [6.07, 6.45) is 2.99. The highest BCUT2D eigenvalue weighted by molar-refractivity contribution is 7.99. The summed E-state index contributed by atoms with van der Waals surface area (Å²) in [5, 5.41) is 0. The molecule has 0 saturated carbocycles. The van der Waals surface area contributed by atoms with Crippen molar-refractivity contribution in [1.82, 2.24) is 4.90 Å². The van der Waals surface area contributed by atoms with Crippen LogP contribution in [0.15, 0.2) is 35.2 Å². The molecule has 1 fully saturated rings. The normalized spacial score (nSPS) is 16.8. The third-order valence-corrected chi connectivity index (χ3v) is 4.48. The molecule has 1 amide bonds. The van der Waals surface area contributed by atoms with E-state index in [-0.39, 0.29) is 0 Å². The molecule has 98 valence electrons. The Labute approximate surface area is 114 Å². The standard InChI is InChI=1S/C15H21NOS/c1-13-7-10-16(11-8-13)15(17)9-12-18-14-5-3-2-4-6-14/h2-6,13H,7-12H2,1H3. The molecule has 0 unspecified atom stereocenters. The summed E-state index contributed by atoms with van der Waals surface area (Å²) in [7, 11) is 0. The largest absolute Gasteiger partial charge is 0.343 e. The summed E-state index contributed by atoms with van der Waals surface area (Å²) in [6, 6.07) is 10.3. The highest BCUT2D eigenvalue weighted by atomic mass is 32.2. The Morgan fingerprint density at radius 3 is 2.61 bits per heavy atom. The minimum absolute atomic E-state index is 0.324. The Morgan fingerprint density at radius 1 is 1.28 bits per heavy atom. The van der Waals surface area contributed by atoms with Gasteiger partial charge in [-0.25, -0.2) is 0 Å². The van der Waals surface area contributed by atoms with E-state index < -0.39 is 0 Å². The van der Waals surface area contributed by atoms with Gasteiger partial charge in [-0.3, -0.25) is 4.79 Å². The lowest BCUT2D eigenvalue weighted by atomic mass is 9.99. The molecule has 18 heavy (non-hydrogen) atoms. The number of hydrogen-bond donors (Lipinski definition) is 0. The second-order valence-electron chi connectivity index (χ2n) is 4.97. The summed E-state index contributed by atoms with van der Waals surface area (Å²) in [6.45, 7) is 4.18. The quantitative estimate of drug-likeness (QED) is 0.776. The highest BCUT2D eigenvalue weighted by Crippen LogP contribution is 2.20. The summed E-state index contributed by atoms with van der Waals surface area (Å²) in [5.74, 6) is 1.99. The number of benzene rings is 1. The van der Waals surface area contributed by atoms with E-state index in [0.29, 0.717) is 12.3 Å². The van der Waals surface area contributed by atoms with Crippen LogP contribution in [0.5, 0.6) is 0 Å². The second kappa shape index (κ2) is 6.83. The zero-order chi connectivity index (χ0) is 12.8. The first kappa shape index (κ1) is 13.5. The Balaban J connectivity index is 1.69. The minimum atomic E-state index is 0.324. The first-order valence-electron chi connectivity index (χ1n) is 6.71. The maximum absolute atomic E-state index is 12.0. The van der Waals surface area contributed by atoms with E-state index in [1.165, 1.54) is 4.90 Å². The molecule has 1 heterocycles. The molecule has 1 aromatic carbocycles. The lowest BCUT2D eigenvalue weighted by Crippen LogP contribution is -2.38. The van der Waals surface area contributed by atoms with Gasteiger partial charge in [-0.05, 0) is 30.9 Å². The Hall–Kier alpha value is -0.960. The molecule has 0 bridgehead atoms. The summed E-state index contributed by atoms with van der Waals surface area (Å²) in [4.78, 5) is 15.3. The SMILES string of the molecule is CC1CCN(C(=O)CCSc2ccccc2)CC1. The van der Waals surface area contributed by atoms with Gasteiger partial charge in [0.15, 0.2) is 0 Å². The number of rotatable bonds is 4. The van der Waals surface area contributed by atoms with Crippen LogP contribution in [0.1, 0.15) is 26.2 Å². The number of nitrogens with zero attached hydrogens (tertiary/aromatic N) is 1. The molecule has 2 nitrogen and oxygen atoms in total. The number of likely N-dealkylation sites (tertiary alicyclic amines) is 1. The number of thioether (sulfide) groups is 1. The van der Waals surface area contributed by atoms with Gasteiger partial charge in [-0.15, -0.1) is 11.8 Å². The van der Waals surface area contributed by atoms with Crippen molar-refractivity contribution in [3.63, 3.8) is 0 Å². The van der Waals surface area contributed by atoms with Gasteiger partial charge in [-0.1, -0.05) is 25.1 Å². The van der Waals surface area contributed by atoms with Crippen LogP contribution < -0.4 is 0 Å². The van der Waals surface area contributed by atoms with Gasteiger partial charge in [0.05, 0.1) is 0 Å². The van der Waals surface area contributed by atoms with Gasteiger partial charge in [0.2, 0.25) is 5.91 Å². The van der Waals surface area contributed by atoms with Gasteiger partial charge >= 0.3 is 0 Å². The van der Waals surface area contributed by atoms with Crippen molar-refractivity contribution in [2.24, 2.45) is 5.92 Å². The molecule has 0 spiro atoms. The highest BCUT2D eigenvalue weighted by Gasteiger charge is 2.19. The Morgan fingerprint density at radius 2 is 1.94 bits per heavy atom. The molecule has 1 aromatic rings. The molecule has 0 radical (unpaired) electrons. The fourth-order valence-electron chi connectivity index (χ4n) is 2.19. The van der Waals surface area contributed by atoms with E-state index in [4.69, 9.17) is 0 Å². The zero-order valence-electron chi connectivity index (χ0n) is 11.0. The molecule has 1 aliphatic heterocycles. The number of carbonyl (C=O) groups excluding carboxylic acids is 1. The van der Waals surface area contributed by atoms with E-state index in [2.05, 4.69) is 19.1 Å². The third kappa shape index (κ3) is 4.05. The number of carbonyl (C=O) groups is 1. The molecule has 0 atom stereocenters. The van der Waals surface area contributed by atoms with Crippen molar-refractivity contribution in [2.45, 2.75) is 31.1 Å². The van der Waals surface area contributed by atoms with Crippen LogP contribution in [0, 0.1) is 5.92 Å². The van der Waals surface area contributed by atoms with Crippen molar-refractivity contribution in [2.75, 3.05) is 18.8 Å². The molecular formula is C15H21NOS. The van der Waals surface area contributed by atoms with E-state index in [1.54, 1.807) is 11.8 Å². The van der Waals surface area contributed by atoms with Gasteiger partial charge in [0.1, 0.15) is 0 Å². The Kier molecular flexibility index (Phi) is 5.12. The van der Waals surface area contributed by atoms with Gasteiger partial charge < -0.3 is 4.90 Å². The smallest absolute Gasteiger partial charge is 0.223 e. The topological polar surface area (TPSA) is 20.3 Å². The molecule has 0 aliphatic carbocycles. The first-order valence-corrected chi connectivity index (χ1v) is 7.70. The van der Waals surface area contributed by atoms with Crippen molar-refractivity contribution in [3.05, 3.63) is 30.3 Å². The van der Waals surface area contributed by atoms with Gasteiger partial charge in [0.25, 0.3) is 0 Å². The van der Waals surface area contributed by atoms with E-state index >= 15 is 0 Å². The fourth-order valence-corrected chi connectivity index (χ4v) is 3.05. The number of piperidine rings is 1. The van der Waals surface area contributed by atoms with Gasteiger partial charge in [0, 0.05) is 30.2 Å². The van der Waals surface area contributed by atoms with E-state index in [0.717, 1.165) is 37.6 Å². The molecule has 2 rings (SSSR count). The van der Waals surface area contributed by atoms with Crippen molar-refractivity contribution in [3.8, 4) is 0 Å². The summed E-state index contributed by atoms with van der Waals surface area (Å²) >= 11 is 1.77. The maximum Gasteiger partial charge on any atom is 0.223 e. The van der Waals surface area contributed by atoms with E-state index in [9.17, 15) is 4.79 Å². The van der Waals surface area contributed by atoms with Crippen LogP contribution in [0.4, 0.5) is 0 Å².